The zero-order valence-electron chi connectivity index (χ0n) is 13.0. The molecule has 0 spiro atoms. The third-order valence-corrected chi connectivity index (χ3v) is 3.37. The van der Waals surface area contributed by atoms with Gasteiger partial charge in [-0.3, -0.25) is 4.79 Å². The van der Waals surface area contributed by atoms with Crippen LogP contribution in [-0.2, 0) is 10.2 Å². The second kappa shape index (κ2) is 8.05. The SMILES string of the molecule is CC(C)(C)c1ccccc1NC(=O)CCCCCCN. The molecule has 3 heteroatoms. The molecule has 0 saturated carbocycles. The molecule has 1 rings (SSSR count). The Morgan fingerprint density at radius 3 is 2.40 bits per heavy atom. The number of amides is 1. The van der Waals surface area contributed by atoms with Crippen LogP contribution in [0, 0.1) is 0 Å². The van der Waals surface area contributed by atoms with E-state index in [0.29, 0.717) is 6.42 Å². The summed E-state index contributed by atoms with van der Waals surface area (Å²) in [5, 5.41) is 3.04. The van der Waals surface area contributed by atoms with E-state index in [4.69, 9.17) is 5.73 Å². The van der Waals surface area contributed by atoms with Crippen LogP contribution < -0.4 is 11.1 Å². The Hall–Kier alpha value is -1.35. The molecule has 0 aliphatic rings. The number of carbonyl (C=O) groups excluding carboxylic acids is 1. The molecule has 3 N–H and O–H groups in total. The number of benzene rings is 1. The molecule has 0 saturated heterocycles. The molecule has 0 aliphatic heterocycles. The molecule has 1 aromatic rings. The van der Waals surface area contributed by atoms with E-state index in [0.717, 1.165) is 37.9 Å². The molecule has 0 aromatic heterocycles. The molecule has 0 fully saturated rings. The van der Waals surface area contributed by atoms with Crippen LogP contribution in [0.25, 0.3) is 0 Å². The molecule has 0 radical (unpaired) electrons. The van der Waals surface area contributed by atoms with Gasteiger partial charge in [0.15, 0.2) is 0 Å². The van der Waals surface area contributed by atoms with Gasteiger partial charge >= 0.3 is 0 Å². The molecule has 20 heavy (non-hydrogen) atoms. The van der Waals surface area contributed by atoms with Crippen molar-refractivity contribution in [2.75, 3.05) is 11.9 Å². The lowest BCUT2D eigenvalue weighted by molar-refractivity contribution is -0.116. The first-order chi connectivity index (χ1) is 9.45. The summed E-state index contributed by atoms with van der Waals surface area (Å²) in [5.74, 6) is 0.106. The van der Waals surface area contributed by atoms with Gasteiger partial charge in [-0.1, -0.05) is 51.8 Å². The monoisotopic (exact) mass is 276 g/mol. The minimum Gasteiger partial charge on any atom is -0.330 e. The number of unbranched alkanes of at least 4 members (excludes halogenated alkanes) is 3. The average molecular weight is 276 g/mol. The smallest absolute Gasteiger partial charge is 0.224 e. The van der Waals surface area contributed by atoms with Crippen molar-refractivity contribution in [3.63, 3.8) is 0 Å². The topological polar surface area (TPSA) is 55.1 Å². The molecule has 0 bridgehead atoms. The van der Waals surface area contributed by atoms with E-state index in [1.54, 1.807) is 0 Å². The summed E-state index contributed by atoms with van der Waals surface area (Å²) < 4.78 is 0. The van der Waals surface area contributed by atoms with Crippen molar-refractivity contribution < 1.29 is 4.79 Å². The maximum absolute atomic E-state index is 12.0. The van der Waals surface area contributed by atoms with Crippen LogP contribution in [0.4, 0.5) is 5.69 Å². The van der Waals surface area contributed by atoms with Crippen molar-refractivity contribution in [3.8, 4) is 0 Å². The fourth-order valence-corrected chi connectivity index (χ4v) is 2.24. The first-order valence-corrected chi connectivity index (χ1v) is 7.54. The van der Waals surface area contributed by atoms with E-state index in [2.05, 4.69) is 32.2 Å². The quantitative estimate of drug-likeness (QED) is 0.744. The van der Waals surface area contributed by atoms with Crippen LogP contribution in [-0.4, -0.2) is 12.5 Å². The summed E-state index contributed by atoms with van der Waals surface area (Å²) in [5.41, 5.74) is 7.60. The van der Waals surface area contributed by atoms with Gasteiger partial charge < -0.3 is 11.1 Å². The number of nitrogens with one attached hydrogen (secondary N) is 1. The molecule has 112 valence electrons. The normalized spacial score (nSPS) is 11.4. The minimum atomic E-state index is 0.0327. The van der Waals surface area contributed by atoms with Crippen molar-refractivity contribution >= 4 is 11.6 Å². The fourth-order valence-electron chi connectivity index (χ4n) is 2.24. The summed E-state index contributed by atoms with van der Waals surface area (Å²) in [4.78, 5) is 12.0. The number of carbonyl (C=O) groups is 1. The van der Waals surface area contributed by atoms with Crippen molar-refractivity contribution in [1.82, 2.24) is 0 Å². The Morgan fingerprint density at radius 2 is 1.75 bits per heavy atom. The van der Waals surface area contributed by atoms with Crippen LogP contribution in [0.3, 0.4) is 0 Å². The standard InChI is InChI=1S/C17H28N2O/c1-17(2,3)14-10-7-8-11-15(14)19-16(20)12-6-4-5-9-13-18/h7-8,10-11H,4-6,9,12-13,18H2,1-3H3,(H,19,20). The van der Waals surface area contributed by atoms with E-state index in [1.807, 2.05) is 18.2 Å². The minimum absolute atomic E-state index is 0.0327. The zero-order valence-corrected chi connectivity index (χ0v) is 13.0. The third-order valence-electron chi connectivity index (χ3n) is 3.37. The predicted octanol–water partition coefficient (Wildman–Crippen LogP) is 3.83. The Labute approximate surface area is 122 Å². The second-order valence-electron chi connectivity index (χ2n) is 6.30. The number of anilines is 1. The van der Waals surface area contributed by atoms with Gasteiger partial charge in [0, 0.05) is 12.1 Å². The van der Waals surface area contributed by atoms with Gasteiger partial charge in [0.1, 0.15) is 0 Å². The summed E-state index contributed by atoms with van der Waals surface area (Å²) in [6, 6.07) is 8.04. The molecule has 3 nitrogen and oxygen atoms in total. The van der Waals surface area contributed by atoms with E-state index in [-0.39, 0.29) is 11.3 Å². The highest BCUT2D eigenvalue weighted by Crippen LogP contribution is 2.29. The van der Waals surface area contributed by atoms with Gasteiger partial charge in [0.05, 0.1) is 0 Å². The molecular formula is C17H28N2O. The molecule has 1 aromatic carbocycles. The summed E-state index contributed by atoms with van der Waals surface area (Å²) in [7, 11) is 0. The maximum atomic E-state index is 12.0. The van der Waals surface area contributed by atoms with Gasteiger partial charge in [0.2, 0.25) is 5.91 Å². The van der Waals surface area contributed by atoms with E-state index in [9.17, 15) is 4.79 Å². The second-order valence-corrected chi connectivity index (χ2v) is 6.30. The largest absolute Gasteiger partial charge is 0.330 e. The number of hydrogen-bond donors (Lipinski definition) is 2. The number of nitrogens with two attached hydrogens (primary N) is 1. The Kier molecular flexibility index (Phi) is 6.73. The highest BCUT2D eigenvalue weighted by Gasteiger charge is 2.18. The molecular weight excluding hydrogens is 248 g/mol. The first kappa shape index (κ1) is 16.7. The van der Waals surface area contributed by atoms with Crippen LogP contribution >= 0.6 is 0 Å². The van der Waals surface area contributed by atoms with E-state index < -0.39 is 0 Å². The molecule has 0 aliphatic carbocycles. The zero-order chi connectivity index (χ0) is 15.0. The summed E-state index contributed by atoms with van der Waals surface area (Å²) in [6.45, 7) is 7.21. The molecule has 1 amide bonds. The Morgan fingerprint density at radius 1 is 1.10 bits per heavy atom. The Bertz CT molecular complexity index is 421. The third kappa shape index (κ3) is 5.74. The first-order valence-electron chi connectivity index (χ1n) is 7.54. The molecule has 0 heterocycles. The lowest BCUT2D eigenvalue weighted by Crippen LogP contribution is -2.18. The van der Waals surface area contributed by atoms with Crippen molar-refractivity contribution in [3.05, 3.63) is 29.8 Å². The molecule has 0 atom stereocenters. The van der Waals surface area contributed by atoms with Gasteiger partial charge in [-0.15, -0.1) is 0 Å². The van der Waals surface area contributed by atoms with Gasteiger partial charge in [-0.2, -0.15) is 0 Å². The van der Waals surface area contributed by atoms with Gasteiger partial charge in [0.25, 0.3) is 0 Å². The van der Waals surface area contributed by atoms with Gasteiger partial charge in [-0.25, -0.2) is 0 Å². The average Bonchev–Trinajstić information content (AvgIpc) is 2.38. The molecule has 0 unspecified atom stereocenters. The van der Waals surface area contributed by atoms with E-state index >= 15 is 0 Å². The maximum Gasteiger partial charge on any atom is 0.224 e. The van der Waals surface area contributed by atoms with Crippen LogP contribution in [0.2, 0.25) is 0 Å². The lowest BCUT2D eigenvalue weighted by atomic mass is 9.86. The van der Waals surface area contributed by atoms with Crippen LogP contribution in [0.15, 0.2) is 24.3 Å². The van der Waals surface area contributed by atoms with Crippen molar-refractivity contribution in [1.29, 1.82) is 0 Å². The van der Waals surface area contributed by atoms with Crippen LogP contribution in [0.1, 0.15) is 58.4 Å². The summed E-state index contributed by atoms with van der Waals surface area (Å²) >= 11 is 0. The number of para-hydroxylation sites is 1. The van der Waals surface area contributed by atoms with Crippen molar-refractivity contribution in [2.45, 2.75) is 58.3 Å². The highest BCUT2D eigenvalue weighted by molar-refractivity contribution is 5.91. The number of rotatable bonds is 7. The van der Waals surface area contributed by atoms with Crippen molar-refractivity contribution in [2.24, 2.45) is 5.73 Å². The lowest BCUT2D eigenvalue weighted by Gasteiger charge is -2.23. The van der Waals surface area contributed by atoms with Crippen LogP contribution in [0.5, 0.6) is 0 Å². The Balaban J connectivity index is 2.50. The number of hydrogen-bond acceptors (Lipinski definition) is 2. The van der Waals surface area contributed by atoms with Gasteiger partial charge in [-0.05, 0) is 36.4 Å². The fraction of sp³-hybridized carbons (Fsp3) is 0.588. The predicted molar refractivity (Wildman–Crippen MR) is 85.9 cm³/mol. The van der Waals surface area contributed by atoms with E-state index in [1.165, 1.54) is 5.56 Å². The highest BCUT2D eigenvalue weighted by atomic mass is 16.1. The summed E-state index contributed by atoms with van der Waals surface area (Å²) in [6.07, 6.45) is 4.76.